The van der Waals surface area contributed by atoms with Gasteiger partial charge in [-0.1, -0.05) is 36.4 Å². The molecule has 1 aliphatic rings. The monoisotopic (exact) mass is 238 g/mol. The third-order valence-electron chi connectivity index (χ3n) is 3.35. The molecule has 3 heteroatoms. The summed E-state index contributed by atoms with van der Waals surface area (Å²) in [5.74, 6) is 0. The minimum absolute atomic E-state index is 0.675. The fourth-order valence-electron chi connectivity index (χ4n) is 2.61. The minimum Gasteiger partial charge on any atom is -0.375 e. The van der Waals surface area contributed by atoms with Crippen LogP contribution in [0.4, 0.5) is 5.13 Å². The summed E-state index contributed by atoms with van der Waals surface area (Å²) in [6.07, 6.45) is 0.973. The summed E-state index contributed by atoms with van der Waals surface area (Å²) in [6, 6.07) is 12.9. The minimum atomic E-state index is 0.675. The van der Waals surface area contributed by atoms with E-state index in [-0.39, 0.29) is 0 Å². The van der Waals surface area contributed by atoms with Gasteiger partial charge in [0.1, 0.15) is 0 Å². The fraction of sp³-hybridized carbons (Fsp3) is 0.0714. The number of nitrogens with zero attached hydrogens (tertiary/aromatic N) is 1. The lowest BCUT2D eigenvalue weighted by molar-refractivity contribution is 1.33. The van der Waals surface area contributed by atoms with Crippen molar-refractivity contribution in [2.75, 3.05) is 5.73 Å². The quantitative estimate of drug-likeness (QED) is 0.509. The van der Waals surface area contributed by atoms with Gasteiger partial charge < -0.3 is 5.73 Å². The molecule has 0 saturated carbocycles. The van der Waals surface area contributed by atoms with E-state index in [1.54, 1.807) is 11.3 Å². The van der Waals surface area contributed by atoms with E-state index in [2.05, 4.69) is 41.4 Å². The average Bonchev–Trinajstić information content (AvgIpc) is 2.85. The van der Waals surface area contributed by atoms with Crippen LogP contribution in [0.25, 0.3) is 22.0 Å². The van der Waals surface area contributed by atoms with Gasteiger partial charge in [-0.25, -0.2) is 4.98 Å². The summed E-state index contributed by atoms with van der Waals surface area (Å²) in [4.78, 5) is 5.74. The van der Waals surface area contributed by atoms with Crippen LogP contribution < -0.4 is 5.73 Å². The maximum atomic E-state index is 5.77. The first-order valence-electron chi connectivity index (χ1n) is 5.59. The van der Waals surface area contributed by atoms with Crippen molar-refractivity contribution in [1.82, 2.24) is 4.98 Å². The van der Waals surface area contributed by atoms with Crippen molar-refractivity contribution in [3.05, 3.63) is 46.8 Å². The van der Waals surface area contributed by atoms with Crippen molar-refractivity contribution < 1.29 is 0 Å². The number of nitrogen functional groups attached to an aromatic ring is 1. The van der Waals surface area contributed by atoms with Crippen LogP contribution in [0.1, 0.15) is 10.4 Å². The number of aromatic nitrogens is 1. The summed E-state index contributed by atoms with van der Waals surface area (Å²) < 4.78 is 0. The molecular formula is C14H10N2S. The number of nitrogens with two attached hydrogens (primary N) is 1. The van der Waals surface area contributed by atoms with E-state index in [0.29, 0.717) is 5.13 Å². The largest absolute Gasteiger partial charge is 0.375 e. The zero-order valence-electron chi connectivity index (χ0n) is 9.10. The first kappa shape index (κ1) is 9.19. The van der Waals surface area contributed by atoms with Crippen molar-refractivity contribution in [1.29, 1.82) is 0 Å². The fourth-order valence-corrected chi connectivity index (χ4v) is 3.47. The van der Waals surface area contributed by atoms with Crippen LogP contribution in [-0.2, 0) is 6.42 Å². The first-order valence-corrected chi connectivity index (χ1v) is 6.41. The molecule has 4 rings (SSSR count). The molecule has 82 valence electrons. The van der Waals surface area contributed by atoms with Gasteiger partial charge >= 0.3 is 0 Å². The Morgan fingerprint density at radius 2 is 2.00 bits per heavy atom. The average molecular weight is 238 g/mol. The molecule has 3 aromatic rings. The first-order chi connectivity index (χ1) is 8.33. The molecule has 0 saturated heterocycles. The zero-order valence-corrected chi connectivity index (χ0v) is 9.92. The highest BCUT2D eigenvalue weighted by molar-refractivity contribution is 7.15. The second kappa shape index (κ2) is 3.08. The van der Waals surface area contributed by atoms with Crippen LogP contribution in [0.3, 0.4) is 0 Å². The third kappa shape index (κ3) is 1.17. The van der Waals surface area contributed by atoms with Gasteiger partial charge in [-0.2, -0.15) is 0 Å². The molecule has 1 heterocycles. The molecule has 0 aliphatic heterocycles. The lowest BCUT2D eigenvalue weighted by Gasteiger charge is -2.04. The maximum absolute atomic E-state index is 5.77. The third-order valence-corrected chi connectivity index (χ3v) is 4.23. The van der Waals surface area contributed by atoms with Gasteiger partial charge in [-0.15, -0.1) is 11.3 Å². The van der Waals surface area contributed by atoms with E-state index < -0.39 is 0 Å². The van der Waals surface area contributed by atoms with E-state index >= 15 is 0 Å². The molecule has 1 aliphatic carbocycles. The normalized spacial score (nSPS) is 12.7. The molecule has 0 atom stereocenters. The van der Waals surface area contributed by atoms with Crippen LogP contribution in [0.15, 0.2) is 36.4 Å². The van der Waals surface area contributed by atoms with Crippen molar-refractivity contribution in [3.63, 3.8) is 0 Å². The van der Waals surface area contributed by atoms with Crippen LogP contribution in [0, 0.1) is 0 Å². The van der Waals surface area contributed by atoms with Crippen LogP contribution >= 0.6 is 11.3 Å². The Morgan fingerprint density at radius 1 is 1.12 bits per heavy atom. The summed E-state index contributed by atoms with van der Waals surface area (Å²) in [7, 11) is 0. The highest BCUT2D eigenvalue weighted by atomic mass is 32.1. The van der Waals surface area contributed by atoms with Gasteiger partial charge in [0.15, 0.2) is 5.13 Å². The second-order valence-electron chi connectivity index (χ2n) is 4.31. The van der Waals surface area contributed by atoms with Crippen molar-refractivity contribution in [2.45, 2.75) is 6.42 Å². The lowest BCUT2D eigenvalue weighted by Crippen LogP contribution is -1.86. The number of thiazole rings is 1. The van der Waals surface area contributed by atoms with Gasteiger partial charge in [0.05, 0.1) is 5.69 Å². The molecule has 0 bridgehead atoms. The van der Waals surface area contributed by atoms with E-state index in [4.69, 9.17) is 5.73 Å². The standard InChI is InChI=1S/C14H10N2S/c15-14-16-13-10-6-5-8-3-1-2-4-9(8)11(10)7-12(13)17-14/h1-6H,7H2,(H2,15,16). The topological polar surface area (TPSA) is 38.9 Å². The predicted molar refractivity (Wildman–Crippen MR) is 72.3 cm³/mol. The maximum Gasteiger partial charge on any atom is 0.180 e. The summed E-state index contributed by atoms with van der Waals surface area (Å²) in [5, 5.41) is 3.32. The van der Waals surface area contributed by atoms with E-state index in [1.807, 2.05) is 0 Å². The molecule has 17 heavy (non-hydrogen) atoms. The Balaban J connectivity index is 2.09. The molecule has 1 aromatic heterocycles. The summed E-state index contributed by atoms with van der Waals surface area (Å²) >= 11 is 1.61. The second-order valence-corrected chi connectivity index (χ2v) is 5.43. The SMILES string of the molecule is Nc1nc2c(s1)Cc1c-2ccc2ccccc12. The molecule has 2 aromatic carbocycles. The van der Waals surface area contributed by atoms with Gasteiger partial charge in [0.2, 0.25) is 0 Å². The lowest BCUT2D eigenvalue weighted by atomic mass is 10.0. The van der Waals surface area contributed by atoms with Crippen LogP contribution in [0.5, 0.6) is 0 Å². The Labute approximate surface area is 103 Å². The number of hydrogen-bond acceptors (Lipinski definition) is 3. The Bertz CT molecular complexity index is 743. The van der Waals surface area contributed by atoms with Crippen LogP contribution in [-0.4, -0.2) is 4.98 Å². The summed E-state index contributed by atoms with van der Waals surface area (Å²) in [6.45, 7) is 0. The van der Waals surface area contributed by atoms with Gasteiger partial charge in [-0.05, 0) is 16.3 Å². The van der Waals surface area contributed by atoms with Gasteiger partial charge in [0.25, 0.3) is 0 Å². The smallest absolute Gasteiger partial charge is 0.180 e. The Morgan fingerprint density at radius 3 is 2.94 bits per heavy atom. The molecule has 0 fully saturated rings. The molecular weight excluding hydrogens is 228 g/mol. The van der Waals surface area contributed by atoms with Gasteiger partial charge in [-0.3, -0.25) is 0 Å². The molecule has 0 radical (unpaired) electrons. The van der Waals surface area contributed by atoms with Crippen molar-refractivity contribution in [3.8, 4) is 11.3 Å². The highest BCUT2D eigenvalue weighted by Gasteiger charge is 2.24. The molecule has 0 unspecified atom stereocenters. The predicted octanol–water partition coefficient (Wildman–Crippen LogP) is 3.45. The zero-order chi connectivity index (χ0) is 11.4. The van der Waals surface area contributed by atoms with Crippen LogP contribution in [0.2, 0.25) is 0 Å². The number of fused-ring (bicyclic) bond motifs is 5. The highest BCUT2D eigenvalue weighted by Crippen LogP contribution is 2.42. The number of benzene rings is 2. The van der Waals surface area contributed by atoms with E-state index in [9.17, 15) is 0 Å². The number of anilines is 1. The van der Waals surface area contributed by atoms with Gasteiger partial charge in [0, 0.05) is 16.9 Å². The van der Waals surface area contributed by atoms with Crippen molar-refractivity contribution >= 4 is 27.2 Å². The molecule has 2 nitrogen and oxygen atoms in total. The number of hydrogen-bond donors (Lipinski definition) is 1. The summed E-state index contributed by atoms with van der Waals surface area (Å²) in [5.41, 5.74) is 9.51. The number of rotatable bonds is 0. The van der Waals surface area contributed by atoms with E-state index in [1.165, 1.54) is 26.8 Å². The molecule has 2 N–H and O–H groups in total. The molecule has 0 spiro atoms. The Hall–Kier alpha value is -1.87. The molecule has 0 amide bonds. The Kier molecular flexibility index (Phi) is 1.66. The van der Waals surface area contributed by atoms with Crippen molar-refractivity contribution in [2.24, 2.45) is 0 Å². The van der Waals surface area contributed by atoms with E-state index in [0.717, 1.165) is 12.1 Å².